The first kappa shape index (κ1) is 66.7. The zero-order valence-corrected chi connectivity index (χ0v) is 48.5. The Kier molecular flexibility index (Phi) is 26.0. The van der Waals surface area contributed by atoms with Crippen molar-refractivity contribution in [3.63, 3.8) is 0 Å². The van der Waals surface area contributed by atoms with E-state index in [-0.39, 0.29) is 102 Å². The minimum Gasteiger partial charge on any atom is -0.508 e. The third-order valence-electron chi connectivity index (χ3n) is 15.1. The number of carbonyl (C=O) groups is 10. The number of benzene rings is 2. The highest BCUT2D eigenvalue weighted by Crippen LogP contribution is 2.26. The summed E-state index contributed by atoms with van der Waals surface area (Å²) in [5, 5.41) is 41.9. The number of hydrogen-bond donors (Lipinski definition) is 14. The van der Waals surface area contributed by atoms with Crippen molar-refractivity contribution in [2.45, 2.75) is 178 Å². The van der Waals surface area contributed by atoms with Crippen LogP contribution in [-0.2, 0) is 60.8 Å². The molecule has 18 N–H and O–H groups in total. The summed E-state index contributed by atoms with van der Waals surface area (Å²) in [6.07, 6.45) is 2.80. The van der Waals surface area contributed by atoms with Gasteiger partial charge >= 0.3 is 0 Å². The van der Waals surface area contributed by atoms with Crippen molar-refractivity contribution < 1.29 is 58.2 Å². The third kappa shape index (κ3) is 19.8. The highest BCUT2D eigenvalue weighted by molar-refractivity contribution is 6.00. The molecule has 462 valence electrons. The topological polar surface area (TPSA) is 430 Å². The monoisotopic (exact) mass is 1170 g/mol. The fourth-order valence-corrected chi connectivity index (χ4v) is 10.4. The smallest absolute Gasteiger partial charge is 0.246 e. The lowest BCUT2D eigenvalue weighted by Gasteiger charge is -2.33. The van der Waals surface area contributed by atoms with Gasteiger partial charge < -0.3 is 85.5 Å². The molecule has 10 amide bonds. The SMILES string of the molecule is CC(C)[C@@H]1NC(=O)[C@H](Cc2ccc(O)cc2)NC(=O)[C@H](C)NC(=O)[C@@H]2CCCN2C(=O)[C@H]2CCCN2C(=O)[C@H](C)NC(=O)[C@H](Cc2ccc(O)cc2)NC(=O)[C@H](CCCCN)NC(=O)[C@H](CCCCN)NC(=O)[C@H](CCCN=C(N)N)NC1=O. The Morgan fingerprint density at radius 1 is 0.500 bits per heavy atom. The largest absolute Gasteiger partial charge is 0.508 e. The van der Waals surface area contributed by atoms with E-state index in [4.69, 9.17) is 22.9 Å². The predicted molar refractivity (Wildman–Crippen MR) is 310 cm³/mol. The standard InChI is InChI=1S/C57H87N15O12/c1-32(2)46-54(82)67-41(14-9-27-62-57(60)61)49(77)65-39(12-5-7-25-58)48(76)66-40(13-6-8-26-59)50(78)69-42(30-35-17-21-37(73)22-18-35)51(79)64-34(4)55(83)72-29-11-16-45(72)56(84)71-28-10-15-44(71)53(81)63-33(3)47(75)68-43(52(80)70-46)31-36-19-23-38(74)24-20-36/h17-24,32-34,39-46,73-74H,5-16,25-31,58-59H2,1-4H3,(H,63,81)(H,64,79)(H,65,77)(H,66,76)(H,67,82)(H,68,75)(H,69,78)(H,70,80)(H4,60,61,62)/t33-,34-,39-,40-,41-,42-,43-,44-,45+,46-/m0/s1. The van der Waals surface area contributed by atoms with Crippen LogP contribution in [0.25, 0.3) is 0 Å². The number of fused-ring (bicyclic) bond motifs is 2. The zero-order chi connectivity index (χ0) is 61.6. The lowest BCUT2D eigenvalue weighted by Crippen LogP contribution is -2.61. The molecular formula is C57H87N15O12. The second kappa shape index (κ2) is 32.7. The molecule has 3 fully saturated rings. The van der Waals surface area contributed by atoms with Crippen molar-refractivity contribution in [2.24, 2.45) is 33.8 Å². The molecule has 10 atom stereocenters. The molecule has 3 heterocycles. The molecule has 27 nitrogen and oxygen atoms in total. The minimum atomic E-state index is -1.38. The van der Waals surface area contributed by atoms with Crippen LogP contribution in [0.1, 0.15) is 116 Å². The van der Waals surface area contributed by atoms with Gasteiger partial charge in [-0.15, -0.1) is 0 Å². The summed E-state index contributed by atoms with van der Waals surface area (Å²) in [6.45, 7) is 7.01. The predicted octanol–water partition coefficient (Wildman–Crippen LogP) is -2.24. The van der Waals surface area contributed by atoms with Crippen LogP contribution in [0, 0.1) is 5.92 Å². The lowest BCUT2D eigenvalue weighted by molar-refractivity contribution is -0.148. The van der Waals surface area contributed by atoms with Crippen molar-refractivity contribution in [1.29, 1.82) is 0 Å². The maximum absolute atomic E-state index is 14.6. The number of rotatable bonds is 17. The summed E-state index contributed by atoms with van der Waals surface area (Å²) in [5.74, 6) is -8.30. The molecule has 0 radical (unpaired) electrons. The van der Waals surface area contributed by atoms with Gasteiger partial charge in [0.2, 0.25) is 59.1 Å². The van der Waals surface area contributed by atoms with Crippen molar-refractivity contribution in [3.05, 3.63) is 59.7 Å². The average molecular weight is 1170 g/mol. The molecule has 0 saturated carbocycles. The summed E-state index contributed by atoms with van der Waals surface area (Å²) < 4.78 is 0. The Morgan fingerprint density at radius 2 is 0.905 bits per heavy atom. The third-order valence-corrected chi connectivity index (χ3v) is 15.1. The normalized spacial score (nSPS) is 25.9. The summed E-state index contributed by atoms with van der Waals surface area (Å²) in [5.41, 5.74) is 23.9. The second-order valence-electron chi connectivity index (χ2n) is 22.1. The van der Waals surface area contributed by atoms with E-state index in [1.165, 1.54) is 47.9 Å². The van der Waals surface area contributed by atoms with E-state index < -0.39 is 125 Å². The number of guanidine groups is 1. The Hall–Kier alpha value is -8.07. The van der Waals surface area contributed by atoms with Crippen LogP contribution in [0.5, 0.6) is 11.5 Å². The Balaban J connectivity index is 1.56. The van der Waals surface area contributed by atoms with Crippen LogP contribution in [0.15, 0.2) is 53.5 Å². The van der Waals surface area contributed by atoms with E-state index >= 15 is 0 Å². The van der Waals surface area contributed by atoms with Crippen LogP contribution in [0.4, 0.5) is 0 Å². The van der Waals surface area contributed by atoms with Crippen LogP contribution in [-0.4, -0.2) is 178 Å². The Labute approximate surface area is 489 Å². The molecule has 3 aliphatic heterocycles. The van der Waals surface area contributed by atoms with Gasteiger partial charge in [-0.05, 0) is 145 Å². The van der Waals surface area contributed by atoms with Gasteiger partial charge in [0.25, 0.3) is 0 Å². The van der Waals surface area contributed by atoms with Crippen molar-refractivity contribution in [2.75, 3.05) is 32.7 Å². The van der Waals surface area contributed by atoms with E-state index in [0.717, 1.165) is 0 Å². The molecule has 3 saturated heterocycles. The minimum absolute atomic E-state index is 0.0293. The van der Waals surface area contributed by atoms with E-state index in [1.54, 1.807) is 38.1 Å². The number of aromatic hydroxyl groups is 2. The average Bonchev–Trinajstić information content (AvgIpc) is 3.38. The molecule has 0 unspecified atom stereocenters. The molecule has 0 bridgehead atoms. The van der Waals surface area contributed by atoms with Crippen molar-refractivity contribution >= 4 is 65.0 Å². The van der Waals surface area contributed by atoms with Gasteiger partial charge in [0.05, 0.1) is 0 Å². The number of nitrogens with two attached hydrogens (primary N) is 4. The van der Waals surface area contributed by atoms with E-state index in [1.807, 2.05) is 0 Å². The van der Waals surface area contributed by atoms with Gasteiger partial charge in [-0.3, -0.25) is 52.9 Å². The second-order valence-corrected chi connectivity index (χ2v) is 22.1. The van der Waals surface area contributed by atoms with Crippen LogP contribution in [0.2, 0.25) is 0 Å². The number of carbonyl (C=O) groups excluding carboxylic acids is 10. The summed E-state index contributed by atoms with van der Waals surface area (Å²) >= 11 is 0. The molecule has 3 aliphatic rings. The highest BCUT2D eigenvalue weighted by Gasteiger charge is 2.44. The number of hydrogen-bond acceptors (Lipinski definition) is 15. The number of unbranched alkanes of at least 4 members (excludes halogenated alkanes) is 2. The number of amides is 10. The molecule has 27 heteroatoms. The van der Waals surface area contributed by atoms with E-state index in [2.05, 4.69) is 47.5 Å². The first-order valence-electron chi connectivity index (χ1n) is 29.1. The number of nitrogens with zero attached hydrogens (tertiary/aromatic N) is 3. The highest BCUT2D eigenvalue weighted by atomic mass is 16.3. The molecule has 2 aromatic carbocycles. The summed E-state index contributed by atoms with van der Waals surface area (Å²) in [6, 6.07) is -0.849. The van der Waals surface area contributed by atoms with Gasteiger partial charge in [0, 0.05) is 32.5 Å². The number of aliphatic imine (C=N–C) groups is 1. The fraction of sp³-hybridized carbons (Fsp3) is 0.596. The van der Waals surface area contributed by atoms with E-state index in [0.29, 0.717) is 49.7 Å². The number of nitrogens with one attached hydrogen (secondary N) is 8. The van der Waals surface area contributed by atoms with Crippen molar-refractivity contribution in [3.8, 4) is 11.5 Å². The van der Waals surface area contributed by atoms with Crippen molar-refractivity contribution in [1.82, 2.24) is 52.3 Å². The van der Waals surface area contributed by atoms with Gasteiger partial charge in [0.1, 0.15) is 71.9 Å². The number of phenolic OH excluding ortho intramolecular Hbond substituents is 2. The fourth-order valence-electron chi connectivity index (χ4n) is 10.4. The quantitative estimate of drug-likeness (QED) is 0.0453. The number of phenols is 2. The maximum Gasteiger partial charge on any atom is 0.246 e. The Morgan fingerprint density at radius 3 is 1.38 bits per heavy atom. The zero-order valence-electron chi connectivity index (χ0n) is 48.5. The van der Waals surface area contributed by atoms with Crippen LogP contribution < -0.4 is 65.5 Å². The van der Waals surface area contributed by atoms with E-state index in [9.17, 15) is 58.2 Å². The summed E-state index contributed by atoms with van der Waals surface area (Å²) in [4.78, 5) is 151. The van der Waals surface area contributed by atoms with Crippen LogP contribution >= 0.6 is 0 Å². The maximum atomic E-state index is 14.6. The van der Waals surface area contributed by atoms with Gasteiger partial charge in [-0.1, -0.05) is 38.1 Å². The molecule has 2 aromatic rings. The van der Waals surface area contributed by atoms with Gasteiger partial charge in [-0.25, -0.2) is 0 Å². The van der Waals surface area contributed by atoms with Gasteiger partial charge in [0.15, 0.2) is 5.96 Å². The summed E-state index contributed by atoms with van der Waals surface area (Å²) in [7, 11) is 0. The molecule has 84 heavy (non-hydrogen) atoms. The molecule has 0 aliphatic carbocycles. The molecule has 0 spiro atoms. The molecular weight excluding hydrogens is 1090 g/mol. The molecule has 0 aromatic heterocycles. The first-order chi connectivity index (χ1) is 40.0. The first-order valence-corrected chi connectivity index (χ1v) is 29.1. The lowest BCUT2D eigenvalue weighted by atomic mass is 9.99. The van der Waals surface area contributed by atoms with Crippen LogP contribution in [0.3, 0.4) is 0 Å². The Bertz CT molecular complexity index is 2640. The molecule has 5 rings (SSSR count). The van der Waals surface area contributed by atoms with Gasteiger partial charge in [-0.2, -0.15) is 0 Å².